The molecule has 1 aromatic heterocycles. The van der Waals surface area contributed by atoms with Crippen LogP contribution in [0.25, 0.3) is 11.3 Å². The van der Waals surface area contributed by atoms with Crippen molar-refractivity contribution in [1.29, 1.82) is 0 Å². The lowest BCUT2D eigenvalue weighted by Crippen LogP contribution is -2.49. The number of aromatic nitrogens is 1. The first-order chi connectivity index (χ1) is 18.5. The number of thioether (sulfide) groups is 1. The predicted molar refractivity (Wildman–Crippen MR) is 153 cm³/mol. The summed E-state index contributed by atoms with van der Waals surface area (Å²) < 4.78 is 14.8. The van der Waals surface area contributed by atoms with Crippen molar-refractivity contribution in [2.24, 2.45) is 0 Å². The van der Waals surface area contributed by atoms with Crippen LogP contribution in [0.2, 0.25) is 0 Å². The minimum absolute atomic E-state index is 0.0879. The molecule has 0 unspecified atom stereocenters. The summed E-state index contributed by atoms with van der Waals surface area (Å²) in [5.74, 6) is -0.576. The van der Waals surface area contributed by atoms with E-state index in [2.05, 4.69) is 46.4 Å². The van der Waals surface area contributed by atoms with Crippen molar-refractivity contribution in [3.63, 3.8) is 0 Å². The molecule has 0 atom stereocenters. The maximum atomic E-state index is 14.0. The smallest absolute Gasteiger partial charge is 0.256 e. The van der Waals surface area contributed by atoms with Gasteiger partial charge in [-0.1, -0.05) is 53.7 Å². The van der Waals surface area contributed by atoms with Crippen LogP contribution < -0.4 is 10.2 Å². The van der Waals surface area contributed by atoms with Crippen molar-refractivity contribution in [1.82, 2.24) is 9.88 Å². The maximum Gasteiger partial charge on any atom is 0.256 e. The van der Waals surface area contributed by atoms with Crippen molar-refractivity contribution in [2.75, 3.05) is 42.1 Å². The molecule has 6 nitrogen and oxygen atoms in total. The van der Waals surface area contributed by atoms with E-state index in [1.807, 2.05) is 29.6 Å². The first kappa shape index (κ1) is 25.9. The Balaban J connectivity index is 1.09. The number of hydrogen-bond acceptors (Lipinski definition) is 6. The van der Waals surface area contributed by atoms with E-state index in [9.17, 15) is 14.0 Å². The number of piperazine rings is 1. The van der Waals surface area contributed by atoms with Gasteiger partial charge in [-0.05, 0) is 43.3 Å². The first-order valence-corrected chi connectivity index (χ1v) is 14.2. The van der Waals surface area contributed by atoms with Crippen LogP contribution in [0.4, 0.5) is 15.8 Å². The number of carbonyl (C=O) groups is 2. The van der Waals surface area contributed by atoms with E-state index in [0.717, 1.165) is 27.0 Å². The molecule has 194 valence electrons. The van der Waals surface area contributed by atoms with Crippen LogP contribution in [0, 0.1) is 12.7 Å². The van der Waals surface area contributed by atoms with Crippen molar-refractivity contribution in [3.8, 4) is 11.3 Å². The third-order valence-electron chi connectivity index (χ3n) is 6.34. The summed E-state index contributed by atoms with van der Waals surface area (Å²) >= 11 is 2.96. The fourth-order valence-electron chi connectivity index (χ4n) is 4.23. The number of amides is 2. The first-order valence-electron chi connectivity index (χ1n) is 12.3. The highest BCUT2D eigenvalue weighted by molar-refractivity contribution is 8.01. The van der Waals surface area contributed by atoms with Crippen LogP contribution in [0.5, 0.6) is 0 Å². The normalized spacial score (nSPS) is 13.4. The van der Waals surface area contributed by atoms with Gasteiger partial charge in [-0.25, -0.2) is 9.37 Å². The number of hydrogen-bond donors (Lipinski definition) is 1. The van der Waals surface area contributed by atoms with E-state index in [1.54, 1.807) is 17.0 Å². The third kappa shape index (κ3) is 6.23. The van der Waals surface area contributed by atoms with Crippen LogP contribution >= 0.6 is 23.1 Å². The number of carbonyl (C=O) groups excluding carboxylic acids is 2. The zero-order chi connectivity index (χ0) is 26.5. The molecule has 9 heteroatoms. The van der Waals surface area contributed by atoms with Crippen molar-refractivity contribution in [3.05, 3.63) is 95.1 Å². The minimum atomic E-state index is -0.491. The quantitative estimate of drug-likeness (QED) is 0.290. The molecule has 3 aromatic carbocycles. The third-order valence-corrected chi connectivity index (χ3v) is 8.37. The number of thiazole rings is 1. The number of benzene rings is 3. The second kappa shape index (κ2) is 11.8. The highest BCUT2D eigenvalue weighted by Crippen LogP contribution is 2.29. The van der Waals surface area contributed by atoms with E-state index in [-0.39, 0.29) is 23.1 Å². The molecule has 0 radical (unpaired) electrons. The Kier molecular flexibility index (Phi) is 8.05. The van der Waals surface area contributed by atoms with Crippen LogP contribution in [-0.2, 0) is 4.79 Å². The summed E-state index contributed by atoms with van der Waals surface area (Å²) in [6, 6.07) is 22.0. The Morgan fingerprint density at radius 2 is 1.68 bits per heavy atom. The molecule has 2 heterocycles. The van der Waals surface area contributed by atoms with Gasteiger partial charge in [0.2, 0.25) is 5.91 Å². The molecule has 0 saturated carbocycles. The lowest BCUT2D eigenvalue weighted by atomic mass is 10.1. The summed E-state index contributed by atoms with van der Waals surface area (Å²) in [5.41, 5.74) is 5.06. The number of nitrogens with zero attached hydrogens (tertiary/aromatic N) is 3. The van der Waals surface area contributed by atoms with Gasteiger partial charge in [0.25, 0.3) is 5.91 Å². The average molecular weight is 547 g/mol. The number of rotatable bonds is 7. The Hall–Kier alpha value is -3.69. The lowest BCUT2D eigenvalue weighted by molar-refractivity contribution is -0.113. The fraction of sp³-hybridized carbons (Fsp3) is 0.207. The van der Waals surface area contributed by atoms with E-state index >= 15 is 0 Å². The van der Waals surface area contributed by atoms with Crippen LogP contribution in [0.1, 0.15) is 15.9 Å². The topological polar surface area (TPSA) is 65.5 Å². The molecule has 38 heavy (non-hydrogen) atoms. The van der Waals surface area contributed by atoms with Gasteiger partial charge in [-0.3, -0.25) is 9.59 Å². The van der Waals surface area contributed by atoms with E-state index in [0.29, 0.717) is 26.2 Å². The maximum absolute atomic E-state index is 14.0. The van der Waals surface area contributed by atoms with Crippen molar-refractivity contribution >= 4 is 46.3 Å². The molecule has 0 spiro atoms. The van der Waals surface area contributed by atoms with Gasteiger partial charge in [-0.2, -0.15) is 0 Å². The Labute approximate surface area is 229 Å². The second-order valence-electron chi connectivity index (χ2n) is 9.01. The van der Waals surface area contributed by atoms with Gasteiger partial charge < -0.3 is 15.1 Å². The molecule has 1 aliphatic heterocycles. The summed E-state index contributed by atoms with van der Waals surface area (Å²) in [7, 11) is 0. The summed E-state index contributed by atoms with van der Waals surface area (Å²) in [6.07, 6.45) is 0. The lowest BCUT2D eigenvalue weighted by Gasteiger charge is -2.36. The Morgan fingerprint density at radius 3 is 2.39 bits per heavy atom. The number of nitrogens with one attached hydrogen (secondary N) is 1. The molecule has 1 N–H and O–H groups in total. The zero-order valence-electron chi connectivity index (χ0n) is 20.9. The molecule has 0 bridgehead atoms. The van der Waals surface area contributed by atoms with Gasteiger partial charge in [0, 0.05) is 48.5 Å². The molecule has 1 fully saturated rings. The largest absolute Gasteiger partial charge is 0.368 e. The Morgan fingerprint density at radius 1 is 0.974 bits per heavy atom. The van der Waals surface area contributed by atoms with E-state index < -0.39 is 5.82 Å². The molecule has 1 saturated heterocycles. The highest BCUT2D eigenvalue weighted by atomic mass is 32.2. The average Bonchev–Trinajstić information content (AvgIpc) is 3.42. The van der Waals surface area contributed by atoms with Gasteiger partial charge in [0.05, 0.1) is 17.0 Å². The van der Waals surface area contributed by atoms with Crippen molar-refractivity contribution in [2.45, 2.75) is 11.3 Å². The molecule has 1 aliphatic rings. The summed E-state index contributed by atoms with van der Waals surface area (Å²) in [5, 5.41) is 4.96. The summed E-state index contributed by atoms with van der Waals surface area (Å²) in [4.78, 5) is 33.7. The van der Waals surface area contributed by atoms with Gasteiger partial charge >= 0.3 is 0 Å². The number of anilines is 2. The standard InChI is InChI=1S/C29H27FN4O2S2/c1-20-6-8-21(9-7-20)26-18-37-29(32-26)38-19-27(35)31-22-10-12-23(13-11-22)33-14-16-34(17-15-33)28(36)24-4-2-3-5-25(24)30/h2-13,18H,14-17,19H2,1H3,(H,31,35). The van der Waals surface area contributed by atoms with Crippen LogP contribution in [0.3, 0.4) is 0 Å². The van der Waals surface area contributed by atoms with Crippen molar-refractivity contribution < 1.29 is 14.0 Å². The number of aryl methyl sites for hydroxylation is 1. The second-order valence-corrected chi connectivity index (χ2v) is 11.1. The molecule has 4 aromatic rings. The SMILES string of the molecule is Cc1ccc(-c2csc(SCC(=O)Nc3ccc(N4CCN(C(=O)c5ccccc5F)CC4)cc3)n2)cc1. The Bertz CT molecular complexity index is 1420. The monoisotopic (exact) mass is 546 g/mol. The minimum Gasteiger partial charge on any atom is -0.368 e. The molecule has 0 aliphatic carbocycles. The van der Waals surface area contributed by atoms with E-state index in [1.165, 1.54) is 40.8 Å². The fourth-order valence-corrected chi connectivity index (χ4v) is 5.87. The predicted octanol–water partition coefficient (Wildman–Crippen LogP) is 5.95. The number of halogens is 1. The van der Waals surface area contributed by atoms with Gasteiger partial charge in [0.1, 0.15) is 5.82 Å². The van der Waals surface area contributed by atoms with Crippen LogP contribution in [0.15, 0.2) is 82.5 Å². The molecule has 2 amide bonds. The van der Waals surface area contributed by atoms with Gasteiger partial charge in [-0.15, -0.1) is 11.3 Å². The zero-order valence-corrected chi connectivity index (χ0v) is 22.5. The van der Waals surface area contributed by atoms with Crippen LogP contribution in [-0.4, -0.2) is 53.6 Å². The molecule has 5 rings (SSSR count). The molecular formula is C29H27FN4O2S2. The van der Waals surface area contributed by atoms with Gasteiger partial charge in [0.15, 0.2) is 4.34 Å². The molecular weight excluding hydrogens is 519 g/mol. The highest BCUT2D eigenvalue weighted by Gasteiger charge is 2.24. The summed E-state index contributed by atoms with van der Waals surface area (Å²) in [6.45, 7) is 4.40. The van der Waals surface area contributed by atoms with E-state index in [4.69, 9.17) is 0 Å².